The van der Waals surface area contributed by atoms with Crippen molar-refractivity contribution in [1.29, 1.82) is 0 Å². The van der Waals surface area contributed by atoms with Gasteiger partial charge in [0.25, 0.3) is 5.56 Å². The lowest BCUT2D eigenvalue weighted by molar-refractivity contribution is 0.0972. The van der Waals surface area contributed by atoms with Crippen molar-refractivity contribution in [3.05, 3.63) is 50.2 Å². The van der Waals surface area contributed by atoms with E-state index >= 15 is 0 Å². The van der Waals surface area contributed by atoms with E-state index in [1.165, 1.54) is 22.5 Å². The Kier molecular flexibility index (Phi) is 4.21. The number of nitrogens with zero attached hydrogens (tertiary/aromatic N) is 5. The van der Waals surface area contributed by atoms with Crippen molar-refractivity contribution in [2.24, 2.45) is 14.1 Å². The van der Waals surface area contributed by atoms with E-state index in [-0.39, 0.29) is 29.5 Å². The van der Waals surface area contributed by atoms with Crippen molar-refractivity contribution in [1.82, 2.24) is 23.3 Å². The molecule has 0 amide bonds. The van der Waals surface area contributed by atoms with Gasteiger partial charge in [0.15, 0.2) is 16.9 Å². The summed E-state index contributed by atoms with van der Waals surface area (Å²) in [5.41, 5.74) is 2.20. The topological polar surface area (TPSA) is 83.8 Å². The van der Waals surface area contributed by atoms with Crippen LogP contribution in [0.2, 0.25) is 0 Å². The number of imidazole rings is 1. The molecule has 0 saturated carbocycles. The number of hydrogen-bond donors (Lipinski definition) is 0. The Morgan fingerprint density at radius 1 is 1.15 bits per heavy atom. The van der Waals surface area contributed by atoms with Crippen LogP contribution >= 0.6 is 0 Å². The van der Waals surface area contributed by atoms with Crippen LogP contribution in [-0.2, 0) is 20.6 Å². The van der Waals surface area contributed by atoms with Crippen molar-refractivity contribution in [2.45, 2.75) is 40.3 Å². The van der Waals surface area contributed by atoms with Gasteiger partial charge in [0, 0.05) is 37.1 Å². The van der Waals surface area contributed by atoms with E-state index in [0.717, 1.165) is 16.0 Å². The third kappa shape index (κ3) is 2.53. The molecular formula is C18H23N5O3. The normalized spacial score (nSPS) is 11.7. The maximum atomic E-state index is 12.9. The molecule has 8 nitrogen and oxygen atoms in total. The van der Waals surface area contributed by atoms with Crippen molar-refractivity contribution in [2.75, 3.05) is 0 Å². The maximum absolute atomic E-state index is 12.9. The van der Waals surface area contributed by atoms with Crippen LogP contribution in [0.1, 0.15) is 41.6 Å². The summed E-state index contributed by atoms with van der Waals surface area (Å²) in [6.07, 6.45) is 1.44. The lowest BCUT2D eigenvalue weighted by Gasteiger charge is -2.13. The average Bonchev–Trinajstić information content (AvgIpc) is 3.11. The highest BCUT2D eigenvalue weighted by atomic mass is 16.2. The predicted octanol–water partition coefficient (Wildman–Crippen LogP) is 1.32. The van der Waals surface area contributed by atoms with Gasteiger partial charge in [-0.3, -0.25) is 18.7 Å². The average molecular weight is 357 g/mol. The number of ketones is 1. The van der Waals surface area contributed by atoms with Crippen molar-refractivity contribution < 1.29 is 4.79 Å². The molecule has 0 fully saturated rings. The largest absolute Gasteiger partial charge is 0.346 e. The Morgan fingerprint density at radius 2 is 1.81 bits per heavy atom. The summed E-state index contributed by atoms with van der Waals surface area (Å²) in [7, 11) is 2.97. The van der Waals surface area contributed by atoms with Gasteiger partial charge >= 0.3 is 5.69 Å². The first-order valence-electron chi connectivity index (χ1n) is 8.47. The van der Waals surface area contributed by atoms with Crippen molar-refractivity contribution in [3.8, 4) is 0 Å². The molecule has 0 atom stereocenters. The van der Waals surface area contributed by atoms with Gasteiger partial charge in [0.05, 0.1) is 12.9 Å². The van der Waals surface area contributed by atoms with Crippen LogP contribution in [0, 0.1) is 13.8 Å². The number of Topliss-reactive ketones (excluding diaryl/α,β-unsaturated/α-hetero) is 1. The Morgan fingerprint density at radius 3 is 2.38 bits per heavy atom. The first-order chi connectivity index (χ1) is 12.1. The fourth-order valence-corrected chi connectivity index (χ4v) is 3.61. The van der Waals surface area contributed by atoms with Crippen LogP contribution in [-0.4, -0.2) is 29.0 Å². The van der Waals surface area contributed by atoms with E-state index in [2.05, 4.69) is 23.4 Å². The SMILES string of the molecule is Cc1cc(C(=O)Cn2cnc3c2c(=O)n(C)c(=O)n3C)c(C)n1C(C)C. The minimum absolute atomic E-state index is 0.00761. The summed E-state index contributed by atoms with van der Waals surface area (Å²) >= 11 is 0. The van der Waals surface area contributed by atoms with E-state index in [1.54, 1.807) is 7.05 Å². The fourth-order valence-electron chi connectivity index (χ4n) is 3.61. The Hall–Kier alpha value is -2.90. The number of fused-ring (bicyclic) bond motifs is 1. The molecule has 8 heteroatoms. The van der Waals surface area contributed by atoms with E-state index in [9.17, 15) is 14.4 Å². The summed E-state index contributed by atoms with van der Waals surface area (Å²) < 4.78 is 5.96. The molecule has 0 radical (unpaired) electrons. The van der Waals surface area contributed by atoms with Gasteiger partial charge in [0.1, 0.15) is 0 Å². The molecule has 3 heterocycles. The molecule has 3 aromatic rings. The van der Waals surface area contributed by atoms with Gasteiger partial charge in [-0.15, -0.1) is 0 Å². The molecule has 0 aliphatic rings. The quantitative estimate of drug-likeness (QED) is 0.659. The zero-order valence-corrected chi connectivity index (χ0v) is 15.9. The maximum Gasteiger partial charge on any atom is 0.332 e. The summed E-state index contributed by atoms with van der Waals surface area (Å²) in [6.45, 7) is 8.03. The number of aryl methyl sites for hydroxylation is 2. The van der Waals surface area contributed by atoms with E-state index in [4.69, 9.17) is 0 Å². The van der Waals surface area contributed by atoms with Crippen molar-refractivity contribution >= 4 is 16.9 Å². The number of rotatable bonds is 4. The lowest BCUT2D eigenvalue weighted by atomic mass is 10.1. The second kappa shape index (κ2) is 6.12. The zero-order chi connectivity index (χ0) is 19.3. The molecule has 0 aliphatic carbocycles. The number of hydrogen-bond acceptors (Lipinski definition) is 4. The van der Waals surface area contributed by atoms with Gasteiger partial charge in [-0.05, 0) is 33.8 Å². The molecule has 3 aromatic heterocycles. The monoisotopic (exact) mass is 357 g/mol. The van der Waals surface area contributed by atoms with Crippen LogP contribution in [0.15, 0.2) is 22.0 Å². The third-order valence-electron chi connectivity index (χ3n) is 4.83. The molecule has 138 valence electrons. The molecule has 0 unspecified atom stereocenters. The first-order valence-corrected chi connectivity index (χ1v) is 8.47. The first kappa shape index (κ1) is 17.9. The number of carbonyl (C=O) groups is 1. The second-order valence-corrected chi connectivity index (χ2v) is 6.92. The van der Waals surface area contributed by atoms with E-state index in [0.29, 0.717) is 5.56 Å². The molecule has 0 spiro atoms. The minimum Gasteiger partial charge on any atom is -0.346 e. The van der Waals surface area contributed by atoms with E-state index in [1.807, 2.05) is 19.9 Å². The van der Waals surface area contributed by atoms with Crippen molar-refractivity contribution in [3.63, 3.8) is 0 Å². The molecular weight excluding hydrogens is 334 g/mol. The summed E-state index contributed by atoms with van der Waals surface area (Å²) in [4.78, 5) is 41.5. The molecule has 26 heavy (non-hydrogen) atoms. The number of carbonyl (C=O) groups excluding carboxylic acids is 1. The van der Waals surface area contributed by atoms with Gasteiger partial charge in [-0.2, -0.15) is 0 Å². The highest BCUT2D eigenvalue weighted by molar-refractivity contribution is 5.98. The Balaban J connectivity index is 2.08. The van der Waals surface area contributed by atoms with Gasteiger partial charge in [-0.25, -0.2) is 9.78 Å². The van der Waals surface area contributed by atoms with Crippen LogP contribution in [0.5, 0.6) is 0 Å². The summed E-state index contributed by atoms with van der Waals surface area (Å²) in [5.74, 6) is -0.0970. The van der Waals surface area contributed by atoms with Crippen LogP contribution in [0.25, 0.3) is 11.2 Å². The molecule has 0 saturated heterocycles. The van der Waals surface area contributed by atoms with Gasteiger partial charge in [-0.1, -0.05) is 0 Å². The van der Waals surface area contributed by atoms with Gasteiger partial charge in [0.2, 0.25) is 0 Å². The standard InChI is InChI=1S/C18H23N5O3/c1-10(2)23-11(3)7-13(12(23)4)14(24)8-22-9-19-16-15(22)17(25)21(6)18(26)20(16)5/h7,9-10H,8H2,1-6H3. The second-order valence-electron chi connectivity index (χ2n) is 6.92. The molecule has 0 aromatic carbocycles. The summed E-state index contributed by atoms with van der Waals surface area (Å²) in [6, 6.07) is 2.14. The predicted molar refractivity (Wildman–Crippen MR) is 98.8 cm³/mol. The van der Waals surface area contributed by atoms with Gasteiger partial charge < -0.3 is 9.13 Å². The smallest absolute Gasteiger partial charge is 0.332 e. The highest BCUT2D eigenvalue weighted by Crippen LogP contribution is 2.21. The minimum atomic E-state index is -0.457. The van der Waals surface area contributed by atoms with Crippen LogP contribution < -0.4 is 11.2 Å². The highest BCUT2D eigenvalue weighted by Gasteiger charge is 2.20. The van der Waals surface area contributed by atoms with Crippen LogP contribution in [0.4, 0.5) is 0 Å². The molecule has 3 rings (SSSR count). The Labute approximate surface area is 150 Å². The van der Waals surface area contributed by atoms with E-state index < -0.39 is 11.2 Å². The van der Waals surface area contributed by atoms with Crippen LogP contribution in [0.3, 0.4) is 0 Å². The number of aromatic nitrogens is 5. The molecule has 0 N–H and O–H groups in total. The third-order valence-corrected chi connectivity index (χ3v) is 4.83. The molecule has 0 aliphatic heterocycles. The molecule has 0 bridgehead atoms. The lowest BCUT2D eigenvalue weighted by Crippen LogP contribution is -2.37. The zero-order valence-electron chi connectivity index (χ0n) is 15.9. The Bertz CT molecular complexity index is 1140. The summed E-state index contributed by atoms with van der Waals surface area (Å²) in [5, 5.41) is 0. The fraction of sp³-hybridized carbons (Fsp3) is 0.444.